The average Bonchev–Trinajstić information content (AvgIpc) is 2.42. The quantitative estimate of drug-likeness (QED) is 0.848. The van der Waals surface area contributed by atoms with Crippen molar-refractivity contribution in [1.82, 2.24) is 5.32 Å². The topological polar surface area (TPSA) is 32.3 Å². The van der Waals surface area contributed by atoms with Crippen LogP contribution in [-0.2, 0) is 4.79 Å². The molecule has 2 rings (SSSR count). The normalized spacial score (nSPS) is 23.9. The molecule has 1 aromatic carbocycles. The number of amides is 1. The van der Waals surface area contributed by atoms with Gasteiger partial charge in [-0.25, -0.2) is 0 Å². The van der Waals surface area contributed by atoms with Gasteiger partial charge in [0.1, 0.15) is 0 Å². The van der Waals surface area contributed by atoms with E-state index in [-0.39, 0.29) is 17.4 Å². The van der Waals surface area contributed by atoms with Gasteiger partial charge in [-0.2, -0.15) is 0 Å². The number of nitrogens with one attached hydrogen (secondary N) is 1. The lowest BCUT2D eigenvalue weighted by molar-refractivity contribution is -0.119. The minimum absolute atomic E-state index is 0.0556. The van der Waals surface area contributed by atoms with Crippen LogP contribution in [0.4, 0.5) is 5.69 Å². The van der Waals surface area contributed by atoms with Gasteiger partial charge >= 0.3 is 0 Å². The summed E-state index contributed by atoms with van der Waals surface area (Å²) in [7, 11) is 0. The molecule has 1 aliphatic rings. The lowest BCUT2D eigenvalue weighted by Gasteiger charge is -2.29. The summed E-state index contributed by atoms with van der Waals surface area (Å²) < 4.78 is 0. The van der Waals surface area contributed by atoms with E-state index >= 15 is 0 Å². The van der Waals surface area contributed by atoms with Crippen LogP contribution in [0, 0.1) is 5.41 Å². The minimum Gasteiger partial charge on any atom is -0.310 e. The van der Waals surface area contributed by atoms with Gasteiger partial charge in [0.15, 0.2) is 0 Å². The molecule has 3 nitrogen and oxygen atoms in total. The maximum atomic E-state index is 12.3. The Morgan fingerprint density at radius 2 is 1.94 bits per heavy atom. The summed E-state index contributed by atoms with van der Waals surface area (Å²) in [5, 5.41) is 3.96. The first-order valence-corrected chi connectivity index (χ1v) is 6.57. The van der Waals surface area contributed by atoms with Crippen molar-refractivity contribution in [3.8, 4) is 0 Å². The van der Waals surface area contributed by atoms with Gasteiger partial charge in [-0.05, 0) is 36.6 Å². The summed E-state index contributed by atoms with van der Waals surface area (Å²) in [4.78, 5) is 14.2. The van der Waals surface area contributed by atoms with Crippen LogP contribution in [-0.4, -0.2) is 25.0 Å². The highest BCUT2D eigenvalue weighted by Crippen LogP contribution is 2.26. The molecule has 4 heteroatoms. The average molecular weight is 267 g/mol. The largest absolute Gasteiger partial charge is 0.310 e. The molecular weight excluding hydrogens is 248 g/mol. The Morgan fingerprint density at radius 3 is 2.56 bits per heavy atom. The van der Waals surface area contributed by atoms with Crippen LogP contribution in [0.15, 0.2) is 24.3 Å². The van der Waals surface area contributed by atoms with E-state index in [0.29, 0.717) is 11.6 Å². The Kier molecular flexibility index (Phi) is 3.64. The third-order valence-corrected chi connectivity index (χ3v) is 3.50. The van der Waals surface area contributed by atoms with Crippen molar-refractivity contribution in [2.45, 2.75) is 26.8 Å². The fourth-order valence-corrected chi connectivity index (χ4v) is 2.28. The molecule has 0 aromatic heterocycles. The number of carbonyl (C=O) groups excluding carboxylic acids is 1. The molecule has 1 unspecified atom stereocenters. The van der Waals surface area contributed by atoms with Gasteiger partial charge in [0.25, 0.3) is 0 Å². The molecule has 1 heterocycles. The van der Waals surface area contributed by atoms with E-state index in [0.717, 1.165) is 12.2 Å². The van der Waals surface area contributed by atoms with Gasteiger partial charge in [-0.3, -0.25) is 4.79 Å². The van der Waals surface area contributed by atoms with Crippen molar-refractivity contribution in [3.05, 3.63) is 29.3 Å². The number of nitrogens with zero attached hydrogens (tertiary/aromatic N) is 1. The molecular formula is C14H19ClN2O. The highest BCUT2D eigenvalue weighted by atomic mass is 35.5. The Bertz CT molecular complexity index is 442. The molecule has 0 saturated carbocycles. The van der Waals surface area contributed by atoms with E-state index in [4.69, 9.17) is 11.6 Å². The smallest absolute Gasteiger partial charge is 0.243 e. The van der Waals surface area contributed by atoms with E-state index in [1.165, 1.54) is 0 Å². The number of hydrogen-bond acceptors (Lipinski definition) is 2. The van der Waals surface area contributed by atoms with Crippen molar-refractivity contribution >= 4 is 23.2 Å². The minimum atomic E-state index is -0.151. The molecule has 0 aliphatic carbocycles. The maximum absolute atomic E-state index is 12.3. The van der Waals surface area contributed by atoms with Gasteiger partial charge in [-0.15, -0.1) is 0 Å². The first kappa shape index (κ1) is 13.4. The molecule has 0 radical (unpaired) electrons. The fraction of sp³-hybridized carbons (Fsp3) is 0.500. The van der Waals surface area contributed by atoms with E-state index in [9.17, 15) is 4.79 Å². The second-order valence-electron chi connectivity index (χ2n) is 5.67. The SMILES string of the molecule is CC1NCC(C)(C)CN(c2ccc(Cl)cc2)C1=O. The number of carbonyl (C=O) groups is 1. The second-order valence-corrected chi connectivity index (χ2v) is 6.10. The highest BCUT2D eigenvalue weighted by Gasteiger charge is 2.32. The van der Waals surface area contributed by atoms with E-state index in [1.54, 1.807) is 0 Å². The molecule has 0 spiro atoms. The van der Waals surface area contributed by atoms with Crippen molar-refractivity contribution in [2.75, 3.05) is 18.0 Å². The van der Waals surface area contributed by atoms with Gasteiger partial charge in [0.05, 0.1) is 6.04 Å². The third kappa shape index (κ3) is 2.85. The first-order chi connectivity index (χ1) is 8.39. The van der Waals surface area contributed by atoms with Crippen molar-refractivity contribution in [1.29, 1.82) is 0 Å². The second kappa shape index (κ2) is 4.90. The van der Waals surface area contributed by atoms with E-state index in [1.807, 2.05) is 36.1 Å². The third-order valence-electron chi connectivity index (χ3n) is 3.25. The zero-order valence-corrected chi connectivity index (χ0v) is 11.8. The summed E-state index contributed by atoms with van der Waals surface area (Å²) >= 11 is 5.89. The molecule has 1 atom stereocenters. The number of benzene rings is 1. The Hall–Kier alpha value is -1.06. The zero-order chi connectivity index (χ0) is 13.3. The summed E-state index contributed by atoms with van der Waals surface area (Å²) in [6, 6.07) is 7.28. The molecule has 98 valence electrons. The standard InChI is InChI=1S/C14H19ClN2O/c1-10-13(18)17(9-14(2,3)8-16-10)12-6-4-11(15)5-7-12/h4-7,10,16H,8-9H2,1-3H3. The van der Waals surface area contributed by atoms with Crippen LogP contribution in [0.2, 0.25) is 5.02 Å². The molecule has 1 aromatic rings. The lowest BCUT2D eigenvalue weighted by Crippen LogP contribution is -2.42. The summed E-state index contributed by atoms with van der Waals surface area (Å²) in [5.41, 5.74) is 0.966. The van der Waals surface area contributed by atoms with Crippen LogP contribution in [0.5, 0.6) is 0 Å². The van der Waals surface area contributed by atoms with Crippen molar-refractivity contribution in [3.63, 3.8) is 0 Å². The van der Waals surface area contributed by atoms with Gasteiger partial charge in [-0.1, -0.05) is 25.4 Å². The molecule has 1 saturated heterocycles. The van der Waals surface area contributed by atoms with E-state index < -0.39 is 0 Å². The van der Waals surface area contributed by atoms with Gasteiger partial charge in [0.2, 0.25) is 5.91 Å². The number of rotatable bonds is 1. The van der Waals surface area contributed by atoms with Crippen LogP contribution < -0.4 is 10.2 Å². The Morgan fingerprint density at radius 1 is 1.33 bits per heavy atom. The number of hydrogen-bond donors (Lipinski definition) is 1. The predicted octanol–water partition coefficient (Wildman–Crippen LogP) is 2.69. The molecule has 1 amide bonds. The highest BCUT2D eigenvalue weighted by molar-refractivity contribution is 6.30. The van der Waals surface area contributed by atoms with E-state index in [2.05, 4.69) is 19.2 Å². The monoisotopic (exact) mass is 266 g/mol. The summed E-state index contributed by atoms with van der Waals surface area (Å²) in [6.45, 7) is 7.78. The zero-order valence-electron chi connectivity index (χ0n) is 11.0. The fourth-order valence-electron chi connectivity index (χ4n) is 2.15. The summed E-state index contributed by atoms with van der Waals surface area (Å²) in [6.07, 6.45) is 0. The van der Waals surface area contributed by atoms with Crippen molar-refractivity contribution in [2.24, 2.45) is 5.41 Å². The Labute approximate surface area is 113 Å². The van der Waals surface area contributed by atoms with Crippen LogP contribution >= 0.6 is 11.6 Å². The molecule has 1 N–H and O–H groups in total. The molecule has 18 heavy (non-hydrogen) atoms. The van der Waals surface area contributed by atoms with Crippen LogP contribution in [0.3, 0.4) is 0 Å². The number of anilines is 1. The Balaban J connectivity index is 2.33. The summed E-state index contributed by atoms with van der Waals surface area (Å²) in [5.74, 6) is 0.114. The van der Waals surface area contributed by atoms with Gasteiger partial charge in [0, 0.05) is 23.8 Å². The van der Waals surface area contributed by atoms with Gasteiger partial charge < -0.3 is 10.2 Å². The predicted molar refractivity (Wildman–Crippen MR) is 75.1 cm³/mol. The molecule has 0 bridgehead atoms. The molecule has 1 aliphatic heterocycles. The molecule has 1 fully saturated rings. The maximum Gasteiger partial charge on any atom is 0.243 e. The lowest BCUT2D eigenvalue weighted by atomic mass is 9.93. The van der Waals surface area contributed by atoms with Crippen molar-refractivity contribution < 1.29 is 4.79 Å². The first-order valence-electron chi connectivity index (χ1n) is 6.19. The van der Waals surface area contributed by atoms with Crippen LogP contribution in [0.1, 0.15) is 20.8 Å². The van der Waals surface area contributed by atoms with Crippen LogP contribution in [0.25, 0.3) is 0 Å². The number of halogens is 1.